The molecule has 1 atom stereocenters. The van der Waals surface area contributed by atoms with Gasteiger partial charge in [0.05, 0.1) is 6.07 Å². The summed E-state index contributed by atoms with van der Waals surface area (Å²) in [5.74, 6) is -0.544. The maximum atomic E-state index is 12.7. The molecule has 4 nitrogen and oxygen atoms in total. The van der Waals surface area contributed by atoms with Gasteiger partial charge in [0.1, 0.15) is 17.3 Å². The maximum absolute atomic E-state index is 12.7. The highest BCUT2D eigenvalue weighted by molar-refractivity contribution is 8.45. The Morgan fingerprint density at radius 3 is 2.11 bits per heavy atom. The number of nitriles is 1. The van der Waals surface area contributed by atoms with E-state index in [0.717, 1.165) is 0 Å². The van der Waals surface area contributed by atoms with Crippen LogP contribution in [0.2, 0.25) is 5.02 Å². The zero-order valence-corrected chi connectivity index (χ0v) is 15.8. The summed E-state index contributed by atoms with van der Waals surface area (Å²) in [6.45, 7) is 1.06. The van der Waals surface area contributed by atoms with Crippen LogP contribution >= 0.6 is 21.8 Å². The summed E-state index contributed by atoms with van der Waals surface area (Å²) in [5.41, 5.74) is -1.85. The molecular weight excluding hydrogens is 427 g/mol. The van der Waals surface area contributed by atoms with Crippen LogP contribution < -0.4 is 10.1 Å². The first-order chi connectivity index (χ1) is 12.6. The molecule has 1 amide bonds. The van der Waals surface area contributed by atoms with Crippen molar-refractivity contribution in [3.05, 3.63) is 59.1 Å². The van der Waals surface area contributed by atoms with Crippen LogP contribution in [0.3, 0.4) is 0 Å². The Kier molecular flexibility index (Phi) is 5.08. The molecule has 1 unspecified atom stereocenters. The fourth-order valence-electron chi connectivity index (χ4n) is 2.04. The lowest BCUT2D eigenvalue weighted by atomic mass is 10.1. The third kappa shape index (κ3) is 5.74. The van der Waals surface area contributed by atoms with Crippen LogP contribution in [0.25, 0.3) is 0 Å². The first kappa shape index (κ1) is 21.8. The van der Waals surface area contributed by atoms with E-state index in [1.54, 1.807) is 24.3 Å². The van der Waals surface area contributed by atoms with E-state index in [-0.39, 0.29) is 24.3 Å². The van der Waals surface area contributed by atoms with Gasteiger partial charge in [-0.25, -0.2) is 0 Å². The Morgan fingerprint density at radius 2 is 1.64 bits per heavy atom. The van der Waals surface area contributed by atoms with E-state index in [9.17, 15) is 29.5 Å². The molecule has 2 aromatic carbocycles. The molecule has 2 rings (SSSR count). The number of hydrogen-bond acceptors (Lipinski definition) is 3. The second kappa shape index (κ2) is 6.53. The van der Waals surface area contributed by atoms with Gasteiger partial charge in [-0.2, -0.15) is 5.26 Å². The largest absolute Gasteiger partial charge is 0.490 e. The Labute approximate surface area is 162 Å². The quantitative estimate of drug-likeness (QED) is 0.553. The van der Waals surface area contributed by atoms with Crippen molar-refractivity contribution in [2.24, 2.45) is 0 Å². The summed E-state index contributed by atoms with van der Waals surface area (Å²) in [5, 5.41) is 12.1. The lowest BCUT2D eigenvalue weighted by molar-refractivity contribution is 0.0901. The van der Waals surface area contributed by atoms with Gasteiger partial charge in [-0.3, -0.25) is 4.79 Å². The molecule has 0 saturated heterocycles. The fourth-order valence-corrected chi connectivity index (χ4v) is 2.82. The minimum Gasteiger partial charge on any atom is -0.490 e. The first-order valence-corrected chi connectivity index (χ1v) is 9.91. The zero-order chi connectivity index (χ0) is 21.3. The number of halogens is 6. The second-order valence-corrected chi connectivity index (χ2v) is 8.98. The molecule has 1 N–H and O–H groups in total. The molecule has 0 bridgehead atoms. The van der Waals surface area contributed by atoms with Crippen molar-refractivity contribution in [3.8, 4) is 11.8 Å². The van der Waals surface area contributed by atoms with Crippen LogP contribution in [0.15, 0.2) is 53.4 Å². The number of amides is 1. The molecule has 0 aliphatic rings. The van der Waals surface area contributed by atoms with Gasteiger partial charge in [0.2, 0.25) is 0 Å². The highest BCUT2D eigenvalue weighted by Gasteiger charge is 2.65. The number of hydrogen-bond donors (Lipinski definition) is 1. The minimum absolute atomic E-state index is 0.129. The molecule has 152 valence electrons. The maximum Gasteiger partial charge on any atom is 0.310 e. The molecule has 11 heteroatoms. The standard InChI is InChI=1S/C17H14ClF5N2O2S/c1-17(10-24,11-27-14-6-4-13(18)5-7-14)25-16(26)12-2-8-15(9-3-12)28(19,20,21,22)23/h2-9H,11H2,1H3,(H,25,26). The van der Waals surface area contributed by atoms with Crippen molar-refractivity contribution in [2.45, 2.75) is 17.4 Å². The first-order valence-electron chi connectivity index (χ1n) is 7.58. The second-order valence-electron chi connectivity index (χ2n) is 6.13. The van der Waals surface area contributed by atoms with E-state index in [1.165, 1.54) is 6.92 Å². The Balaban J connectivity index is 2.11. The number of benzene rings is 2. The van der Waals surface area contributed by atoms with E-state index >= 15 is 0 Å². The summed E-state index contributed by atoms with van der Waals surface area (Å²) in [6.07, 6.45) is 0. The van der Waals surface area contributed by atoms with Crippen molar-refractivity contribution >= 4 is 27.7 Å². The van der Waals surface area contributed by atoms with Crippen LogP contribution in [-0.4, -0.2) is 18.1 Å². The SMILES string of the molecule is CC(C#N)(COc1ccc(Cl)cc1)NC(=O)c1ccc(S(F)(F)(F)(F)F)cc1. The van der Waals surface area contributed by atoms with E-state index in [1.807, 2.05) is 6.07 Å². The van der Waals surface area contributed by atoms with Crippen LogP contribution in [-0.2, 0) is 0 Å². The predicted octanol–water partition coefficient (Wildman–Crippen LogP) is 6.09. The monoisotopic (exact) mass is 440 g/mol. The van der Waals surface area contributed by atoms with E-state index < -0.39 is 26.6 Å². The van der Waals surface area contributed by atoms with Crippen molar-refractivity contribution in [2.75, 3.05) is 6.61 Å². The number of carbonyl (C=O) groups is 1. The van der Waals surface area contributed by atoms with E-state index in [0.29, 0.717) is 22.9 Å². The van der Waals surface area contributed by atoms with Gasteiger partial charge in [-0.15, -0.1) is 0 Å². The Bertz CT molecular complexity index is 928. The third-order valence-electron chi connectivity index (χ3n) is 3.54. The topological polar surface area (TPSA) is 62.1 Å². The lowest BCUT2D eigenvalue weighted by Crippen LogP contribution is -2.49. The normalized spacial score (nSPS) is 16.1. The number of carbonyl (C=O) groups excluding carboxylic acids is 1. The predicted molar refractivity (Wildman–Crippen MR) is 96.3 cm³/mol. The summed E-state index contributed by atoms with van der Waals surface area (Å²) >= 11 is 5.74. The van der Waals surface area contributed by atoms with Gasteiger partial charge in [0.15, 0.2) is 5.54 Å². The number of rotatable bonds is 6. The van der Waals surface area contributed by atoms with Gasteiger partial charge in [0, 0.05) is 10.6 Å². The average Bonchev–Trinajstić information content (AvgIpc) is 2.59. The summed E-state index contributed by atoms with van der Waals surface area (Å²) in [6, 6.07) is 9.51. The summed E-state index contributed by atoms with van der Waals surface area (Å²) < 4.78 is 69.0. The zero-order valence-electron chi connectivity index (χ0n) is 14.3. The van der Waals surface area contributed by atoms with Crippen LogP contribution in [0, 0.1) is 11.3 Å². The number of ether oxygens (including phenoxy) is 1. The van der Waals surface area contributed by atoms with Crippen LogP contribution in [0.4, 0.5) is 19.4 Å². The summed E-state index contributed by atoms with van der Waals surface area (Å²) in [4.78, 5) is 10.1. The van der Waals surface area contributed by atoms with Crippen molar-refractivity contribution in [3.63, 3.8) is 0 Å². The molecule has 0 spiro atoms. The van der Waals surface area contributed by atoms with Gasteiger partial charge >= 0.3 is 10.2 Å². The average molecular weight is 441 g/mol. The van der Waals surface area contributed by atoms with Gasteiger partial charge < -0.3 is 10.1 Å². The summed E-state index contributed by atoms with van der Waals surface area (Å²) in [7, 11) is -9.82. The van der Waals surface area contributed by atoms with Crippen molar-refractivity contribution < 1.29 is 29.0 Å². The van der Waals surface area contributed by atoms with E-state index in [2.05, 4.69) is 5.32 Å². The molecule has 28 heavy (non-hydrogen) atoms. The third-order valence-corrected chi connectivity index (χ3v) is 4.95. The van der Waals surface area contributed by atoms with Crippen molar-refractivity contribution in [1.29, 1.82) is 5.26 Å². The van der Waals surface area contributed by atoms with Gasteiger partial charge in [-0.1, -0.05) is 31.0 Å². The Hall–Kier alpha value is -2.51. The lowest BCUT2D eigenvalue weighted by Gasteiger charge is -2.40. The Morgan fingerprint density at radius 1 is 1.11 bits per heavy atom. The van der Waals surface area contributed by atoms with E-state index in [4.69, 9.17) is 16.3 Å². The molecule has 0 fully saturated rings. The molecule has 0 aromatic heterocycles. The minimum atomic E-state index is -9.82. The van der Waals surface area contributed by atoms with Crippen LogP contribution in [0.5, 0.6) is 5.75 Å². The molecule has 0 radical (unpaired) electrons. The van der Waals surface area contributed by atoms with Crippen molar-refractivity contribution in [1.82, 2.24) is 5.32 Å². The molecule has 0 heterocycles. The molecule has 0 aliphatic carbocycles. The molecule has 2 aromatic rings. The highest BCUT2D eigenvalue weighted by Crippen LogP contribution is 3.02. The van der Waals surface area contributed by atoms with Crippen LogP contribution in [0.1, 0.15) is 17.3 Å². The number of nitrogens with zero attached hydrogens (tertiary/aromatic N) is 1. The number of nitrogens with one attached hydrogen (secondary N) is 1. The van der Waals surface area contributed by atoms with Gasteiger partial charge in [0.25, 0.3) is 5.91 Å². The van der Waals surface area contributed by atoms with Gasteiger partial charge in [-0.05, 0) is 55.5 Å². The highest BCUT2D eigenvalue weighted by atomic mass is 35.5. The fraction of sp³-hybridized carbons (Fsp3) is 0.176. The smallest absolute Gasteiger partial charge is 0.310 e. The molecular formula is C17H14ClF5N2O2S. The molecule has 0 aliphatic heterocycles. The molecule has 0 saturated carbocycles.